The zero-order valence-electron chi connectivity index (χ0n) is 13.9. The minimum Gasteiger partial charge on any atom is -0.444 e. The molecule has 2 aliphatic heterocycles. The molecule has 0 bridgehead atoms. The zero-order valence-corrected chi connectivity index (χ0v) is 13.9. The second kappa shape index (κ2) is 5.99. The highest BCUT2D eigenvalue weighted by Gasteiger charge is 2.57. The van der Waals surface area contributed by atoms with E-state index in [0.717, 1.165) is 4.90 Å². The van der Waals surface area contributed by atoms with Crippen molar-refractivity contribution in [3.8, 4) is 0 Å². The summed E-state index contributed by atoms with van der Waals surface area (Å²) in [7, 11) is 0. The number of nitrogens with zero attached hydrogens (tertiary/aromatic N) is 2. The van der Waals surface area contributed by atoms with Crippen LogP contribution in [-0.2, 0) is 24.0 Å². The number of ether oxygens (including phenoxy) is 1. The molecular formula is C15H21N2O7+. The topological polar surface area (TPSA) is 110 Å². The summed E-state index contributed by atoms with van der Waals surface area (Å²) in [6.07, 6.45) is -1.07. The minimum absolute atomic E-state index is 0.0853. The molecule has 0 saturated carbocycles. The van der Waals surface area contributed by atoms with Crippen LogP contribution in [-0.4, -0.2) is 57.0 Å². The van der Waals surface area contributed by atoms with Crippen LogP contribution in [0.4, 0.5) is 4.79 Å². The average Bonchev–Trinajstić information content (AvgIpc) is 2.94. The summed E-state index contributed by atoms with van der Waals surface area (Å²) < 4.78 is 5.22. The van der Waals surface area contributed by atoms with Crippen molar-refractivity contribution in [1.29, 1.82) is 0 Å². The average molecular weight is 341 g/mol. The molecule has 3 amide bonds. The van der Waals surface area contributed by atoms with Crippen molar-refractivity contribution in [2.24, 2.45) is 0 Å². The molecule has 2 fully saturated rings. The van der Waals surface area contributed by atoms with Gasteiger partial charge in [-0.3, -0.25) is 4.90 Å². The quantitative estimate of drug-likeness (QED) is 0.346. The Kier molecular flexibility index (Phi) is 4.51. The Balaban J connectivity index is 2.15. The van der Waals surface area contributed by atoms with E-state index in [9.17, 15) is 24.4 Å². The van der Waals surface area contributed by atoms with E-state index in [-0.39, 0.29) is 25.8 Å². The van der Waals surface area contributed by atoms with Crippen molar-refractivity contribution in [2.75, 3.05) is 6.54 Å². The lowest BCUT2D eigenvalue weighted by Gasteiger charge is -2.27. The van der Waals surface area contributed by atoms with Gasteiger partial charge in [0, 0.05) is 13.0 Å². The van der Waals surface area contributed by atoms with E-state index < -0.39 is 40.3 Å². The van der Waals surface area contributed by atoms with Crippen LogP contribution in [0.5, 0.6) is 0 Å². The molecule has 132 valence electrons. The molecular weight excluding hydrogens is 320 g/mol. The Morgan fingerprint density at radius 2 is 1.79 bits per heavy atom. The number of likely N-dealkylation sites (tertiary alicyclic amines) is 1. The molecule has 1 atom stereocenters. The third kappa shape index (κ3) is 3.46. The standard InChI is InChI=1S/C15H21N2O7/c1-9-7-10(16(8-9)14(21)23-15(2,3)4)13(20)24-17(22)11(18)5-6-12(17)19/h10,22H,1,5-8H2,2-4H3/q+1/t10-/m0/s1. The van der Waals surface area contributed by atoms with Crippen LogP contribution >= 0.6 is 0 Å². The highest BCUT2D eigenvalue weighted by atomic mass is 17.0. The van der Waals surface area contributed by atoms with Gasteiger partial charge in [0.1, 0.15) is 16.5 Å². The lowest BCUT2D eigenvalue weighted by atomic mass is 10.2. The van der Waals surface area contributed by atoms with Crippen molar-refractivity contribution in [2.45, 2.75) is 51.7 Å². The van der Waals surface area contributed by atoms with Gasteiger partial charge in [0.25, 0.3) is 0 Å². The largest absolute Gasteiger partial charge is 0.444 e. The van der Waals surface area contributed by atoms with Gasteiger partial charge in [-0.1, -0.05) is 12.2 Å². The van der Waals surface area contributed by atoms with E-state index >= 15 is 0 Å². The van der Waals surface area contributed by atoms with Crippen molar-refractivity contribution in [3.63, 3.8) is 0 Å². The molecule has 2 saturated heterocycles. The summed E-state index contributed by atoms with van der Waals surface area (Å²) in [5, 5.41) is 9.97. The van der Waals surface area contributed by atoms with Crippen molar-refractivity contribution in [1.82, 2.24) is 4.90 Å². The van der Waals surface area contributed by atoms with E-state index in [1.54, 1.807) is 20.8 Å². The van der Waals surface area contributed by atoms with E-state index in [4.69, 9.17) is 9.57 Å². The van der Waals surface area contributed by atoms with Crippen LogP contribution in [0.1, 0.15) is 40.0 Å². The highest BCUT2D eigenvalue weighted by Crippen LogP contribution is 2.27. The first-order chi connectivity index (χ1) is 10.9. The second-order valence-electron chi connectivity index (χ2n) is 6.85. The Morgan fingerprint density at radius 3 is 2.29 bits per heavy atom. The number of rotatable bonds is 2. The minimum atomic E-state index is -2.01. The van der Waals surface area contributed by atoms with Gasteiger partial charge in [0.2, 0.25) is 0 Å². The van der Waals surface area contributed by atoms with Crippen LogP contribution in [0.2, 0.25) is 0 Å². The zero-order chi connectivity index (χ0) is 18.3. The molecule has 0 aromatic heterocycles. The maximum atomic E-state index is 12.3. The molecule has 2 heterocycles. The van der Waals surface area contributed by atoms with Crippen molar-refractivity contribution < 1.29 is 38.8 Å². The first-order valence-electron chi connectivity index (χ1n) is 7.52. The molecule has 0 radical (unpaired) electrons. The van der Waals surface area contributed by atoms with E-state index in [1.165, 1.54) is 0 Å². The number of amides is 3. The number of hydrogen-bond acceptors (Lipinski definition) is 7. The summed E-state index contributed by atoms with van der Waals surface area (Å²) in [5.74, 6) is -2.91. The maximum absolute atomic E-state index is 12.3. The summed E-state index contributed by atoms with van der Waals surface area (Å²) in [6.45, 7) is 8.86. The SMILES string of the molecule is C=C1C[C@@H](C(=O)O[N+]2(O)C(=O)CCC2=O)N(C(=O)OC(C)(C)C)C1. The number of quaternary nitrogens is 1. The Morgan fingerprint density at radius 1 is 1.25 bits per heavy atom. The fraction of sp³-hybridized carbons (Fsp3) is 0.600. The number of carbonyl (C=O) groups excluding carboxylic acids is 4. The maximum Gasteiger partial charge on any atom is 0.411 e. The summed E-state index contributed by atoms with van der Waals surface area (Å²) in [6, 6.07) is -1.12. The van der Waals surface area contributed by atoms with Gasteiger partial charge in [0.15, 0.2) is 0 Å². The van der Waals surface area contributed by atoms with Gasteiger partial charge in [0.05, 0.1) is 12.8 Å². The number of imide groups is 1. The first kappa shape index (κ1) is 18.1. The molecule has 2 aliphatic rings. The van der Waals surface area contributed by atoms with E-state index in [0.29, 0.717) is 5.57 Å². The summed E-state index contributed by atoms with van der Waals surface area (Å²) in [5.41, 5.74) is -0.174. The van der Waals surface area contributed by atoms with Gasteiger partial charge in [-0.15, -0.1) is 0 Å². The normalized spacial score (nSPS) is 23.6. The van der Waals surface area contributed by atoms with Gasteiger partial charge >= 0.3 is 23.9 Å². The monoisotopic (exact) mass is 341 g/mol. The third-order valence-corrected chi connectivity index (χ3v) is 3.60. The number of hydroxylamine groups is 4. The molecule has 0 aliphatic carbocycles. The molecule has 2 rings (SSSR count). The van der Waals surface area contributed by atoms with Crippen LogP contribution in [0, 0.1) is 0 Å². The summed E-state index contributed by atoms with van der Waals surface area (Å²) >= 11 is 0. The van der Waals surface area contributed by atoms with Crippen molar-refractivity contribution >= 4 is 23.9 Å². The predicted molar refractivity (Wildman–Crippen MR) is 77.9 cm³/mol. The molecule has 9 nitrogen and oxygen atoms in total. The molecule has 0 aromatic rings. The van der Waals surface area contributed by atoms with Gasteiger partial charge in [-0.25, -0.2) is 24.0 Å². The van der Waals surface area contributed by atoms with Crippen LogP contribution in [0.3, 0.4) is 0 Å². The molecule has 1 N–H and O–H groups in total. The third-order valence-electron chi connectivity index (χ3n) is 3.60. The lowest BCUT2D eigenvalue weighted by Crippen LogP contribution is -2.54. The van der Waals surface area contributed by atoms with E-state index in [1.807, 2.05) is 0 Å². The number of carbonyl (C=O) groups is 4. The van der Waals surface area contributed by atoms with Crippen LogP contribution < -0.4 is 0 Å². The van der Waals surface area contributed by atoms with Gasteiger partial charge in [-0.05, 0) is 20.8 Å². The van der Waals surface area contributed by atoms with E-state index in [2.05, 4.69) is 6.58 Å². The Hall–Kier alpha value is -2.26. The van der Waals surface area contributed by atoms with Gasteiger partial charge in [-0.2, -0.15) is 5.21 Å². The molecule has 0 aromatic carbocycles. The lowest BCUT2D eigenvalue weighted by molar-refractivity contribution is -1.12. The fourth-order valence-corrected chi connectivity index (χ4v) is 2.47. The fourth-order valence-electron chi connectivity index (χ4n) is 2.47. The van der Waals surface area contributed by atoms with Crippen LogP contribution in [0.25, 0.3) is 0 Å². The molecule has 9 heteroatoms. The molecule has 24 heavy (non-hydrogen) atoms. The Bertz CT molecular complexity index is 604. The summed E-state index contributed by atoms with van der Waals surface area (Å²) in [4.78, 5) is 51.6. The van der Waals surface area contributed by atoms with Gasteiger partial charge < -0.3 is 4.74 Å². The van der Waals surface area contributed by atoms with Crippen molar-refractivity contribution in [3.05, 3.63) is 12.2 Å². The molecule has 0 unspecified atom stereocenters. The predicted octanol–water partition coefficient (Wildman–Crippen LogP) is 1.06. The first-order valence-corrected chi connectivity index (χ1v) is 7.52. The Labute approximate surface area is 138 Å². The smallest absolute Gasteiger partial charge is 0.411 e. The van der Waals surface area contributed by atoms with Crippen LogP contribution in [0.15, 0.2) is 12.2 Å². The number of hydrogen-bond donors (Lipinski definition) is 1. The second-order valence-corrected chi connectivity index (χ2v) is 6.85. The molecule has 0 spiro atoms. The highest BCUT2D eigenvalue weighted by molar-refractivity contribution is 5.92.